The second-order valence-corrected chi connectivity index (χ2v) is 4.03. The van der Waals surface area contributed by atoms with Crippen molar-refractivity contribution >= 4 is 11.6 Å². The van der Waals surface area contributed by atoms with Crippen LogP contribution in [0.3, 0.4) is 0 Å². The van der Waals surface area contributed by atoms with E-state index in [1.165, 1.54) is 24.3 Å². The molecule has 5 heteroatoms. The van der Waals surface area contributed by atoms with Crippen LogP contribution in [0.5, 0.6) is 0 Å². The Kier molecular flexibility index (Phi) is 4.20. The number of nitrogens with zero attached hydrogens (tertiary/aromatic N) is 1. The van der Waals surface area contributed by atoms with Crippen molar-refractivity contribution in [3.8, 4) is 0 Å². The van der Waals surface area contributed by atoms with Gasteiger partial charge >= 0.3 is 0 Å². The van der Waals surface area contributed by atoms with E-state index in [9.17, 15) is 9.18 Å². The molecule has 0 fully saturated rings. The molecular formula is C14H14FN3O. The minimum absolute atomic E-state index is 0.244. The highest BCUT2D eigenvalue weighted by atomic mass is 19.1. The molecule has 0 spiro atoms. The molecule has 2 rings (SSSR count). The van der Waals surface area contributed by atoms with Crippen LogP contribution in [0.2, 0.25) is 0 Å². The number of aromatic nitrogens is 1. The van der Waals surface area contributed by atoms with Crippen LogP contribution in [0.1, 0.15) is 16.1 Å². The maximum Gasteiger partial charge on any atom is 0.255 e. The molecule has 0 aliphatic heterocycles. The van der Waals surface area contributed by atoms with Crippen LogP contribution in [0.4, 0.5) is 10.1 Å². The molecular weight excluding hydrogens is 245 g/mol. The lowest BCUT2D eigenvalue weighted by Crippen LogP contribution is -2.14. The number of carbonyl (C=O) groups is 1. The third-order valence-electron chi connectivity index (χ3n) is 2.54. The highest BCUT2D eigenvalue weighted by molar-refractivity contribution is 6.04. The summed E-state index contributed by atoms with van der Waals surface area (Å²) in [5.41, 5.74) is 1.86. The molecule has 0 unspecified atom stereocenters. The summed E-state index contributed by atoms with van der Waals surface area (Å²) in [6.07, 6.45) is 1.59. The van der Waals surface area contributed by atoms with Gasteiger partial charge in [0.15, 0.2) is 0 Å². The van der Waals surface area contributed by atoms with Crippen molar-refractivity contribution in [1.29, 1.82) is 0 Å². The third kappa shape index (κ3) is 3.59. The molecule has 0 aliphatic carbocycles. The monoisotopic (exact) mass is 259 g/mol. The minimum Gasteiger partial charge on any atom is -0.322 e. The molecule has 0 radical (unpaired) electrons. The zero-order valence-electron chi connectivity index (χ0n) is 10.5. The van der Waals surface area contributed by atoms with Gasteiger partial charge in [-0.2, -0.15) is 0 Å². The average molecular weight is 259 g/mol. The van der Waals surface area contributed by atoms with Gasteiger partial charge in [-0.15, -0.1) is 0 Å². The molecule has 19 heavy (non-hydrogen) atoms. The van der Waals surface area contributed by atoms with Gasteiger partial charge in [-0.3, -0.25) is 9.78 Å². The average Bonchev–Trinajstić information content (AvgIpc) is 2.42. The Morgan fingerprint density at radius 1 is 1.26 bits per heavy atom. The number of hydrogen-bond donors (Lipinski definition) is 2. The predicted molar refractivity (Wildman–Crippen MR) is 71.4 cm³/mol. The summed E-state index contributed by atoms with van der Waals surface area (Å²) in [7, 11) is 1.81. The largest absolute Gasteiger partial charge is 0.322 e. The Morgan fingerprint density at radius 3 is 2.68 bits per heavy atom. The zero-order chi connectivity index (χ0) is 13.7. The Morgan fingerprint density at radius 2 is 2.00 bits per heavy atom. The Labute approximate surface area is 110 Å². The Balaban J connectivity index is 2.11. The van der Waals surface area contributed by atoms with E-state index in [0.717, 1.165) is 5.69 Å². The smallest absolute Gasteiger partial charge is 0.255 e. The topological polar surface area (TPSA) is 54.0 Å². The maximum atomic E-state index is 12.8. The highest BCUT2D eigenvalue weighted by Crippen LogP contribution is 2.11. The molecule has 1 amide bonds. The van der Waals surface area contributed by atoms with E-state index < -0.39 is 0 Å². The first-order valence-corrected chi connectivity index (χ1v) is 5.85. The first-order chi connectivity index (χ1) is 9.19. The second-order valence-electron chi connectivity index (χ2n) is 4.03. The molecule has 98 valence electrons. The van der Waals surface area contributed by atoms with Gasteiger partial charge < -0.3 is 10.6 Å². The Bertz CT molecular complexity index is 569. The van der Waals surface area contributed by atoms with Gasteiger partial charge in [0.25, 0.3) is 5.91 Å². The molecule has 2 aromatic rings. The number of benzene rings is 1. The van der Waals surface area contributed by atoms with Gasteiger partial charge in [0, 0.05) is 24.0 Å². The van der Waals surface area contributed by atoms with Gasteiger partial charge in [0.2, 0.25) is 0 Å². The van der Waals surface area contributed by atoms with E-state index in [-0.39, 0.29) is 11.7 Å². The lowest BCUT2D eigenvalue weighted by molar-refractivity contribution is 0.102. The standard InChI is InChI=1S/C14H14FN3O/c1-16-9-13-8-10(6-7-17-13)14(19)18-12-4-2-11(15)3-5-12/h2-8,16H,9H2,1H3,(H,18,19). The van der Waals surface area contributed by atoms with Crippen molar-refractivity contribution < 1.29 is 9.18 Å². The second kappa shape index (κ2) is 6.06. The number of hydrogen-bond acceptors (Lipinski definition) is 3. The van der Waals surface area contributed by atoms with Crippen molar-refractivity contribution in [3.63, 3.8) is 0 Å². The van der Waals surface area contributed by atoms with Gasteiger partial charge in [-0.1, -0.05) is 0 Å². The van der Waals surface area contributed by atoms with E-state index in [1.807, 2.05) is 7.05 Å². The SMILES string of the molecule is CNCc1cc(C(=O)Nc2ccc(F)cc2)ccn1. The van der Waals surface area contributed by atoms with E-state index in [1.54, 1.807) is 18.3 Å². The number of amides is 1. The number of pyridine rings is 1. The summed E-state index contributed by atoms with van der Waals surface area (Å²) < 4.78 is 12.8. The zero-order valence-corrected chi connectivity index (χ0v) is 10.5. The van der Waals surface area contributed by atoms with Crippen molar-refractivity contribution in [2.75, 3.05) is 12.4 Å². The molecule has 1 aromatic heterocycles. The van der Waals surface area contributed by atoms with E-state index >= 15 is 0 Å². The summed E-state index contributed by atoms with van der Waals surface area (Å²) in [5.74, 6) is -0.579. The van der Waals surface area contributed by atoms with Crippen molar-refractivity contribution in [2.45, 2.75) is 6.54 Å². The molecule has 1 heterocycles. The first-order valence-electron chi connectivity index (χ1n) is 5.85. The molecule has 0 saturated heterocycles. The van der Waals surface area contributed by atoms with Crippen LogP contribution in [0.25, 0.3) is 0 Å². The molecule has 4 nitrogen and oxygen atoms in total. The fraction of sp³-hybridized carbons (Fsp3) is 0.143. The van der Waals surface area contributed by atoms with Gasteiger partial charge in [0.05, 0.1) is 5.69 Å². The van der Waals surface area contributed by atoms with Crippen LogP contribution in [-0.2, 0) is 6.54 Å². The Hall–Kier alpha value is -2.27. The quantitative estimate of drug-likeness (QED) is 0.885. The molecule has 0 bridgehead atoms. The van der Waals surface area contributed by atoms with Crippen LogP contribution in [0, 0.1) is 5.82 Å². The molecule has 2 N–H and O–H groups in total. The fourth-order valence-corrected chi connectivity index (χ4v) is 1.63. The van der Waals surface area contributed by atoms with E-state index in [0.29, 0.717) is 17.8 Å². The van der Waals surface area contributed by atoms with Crippen LogP contribution >= 0.6 is 0 Å². The van der Waals surface area contributed by atoms with Gasteiger partial charge in [-0.05, 0) is 43.4 Å². The fourth-order valence-electron chi connectivity index (χ4n) is 1.63. The summed E-state index contributed by atoms with van der Waals surface area (Å²) in [6.45, 7) is 0.595. The first kappa shape index (κ1) is 13.2. The van der Waals surface area contributed by atoms with E-state index in [2.05, 4.69) is 15.6 Å². The number of carbonyl (C=O) groups excluding carboxylic acids is 1. The summed E-state index contributed by atoms with van der Waals surface area (Å²) >= 11 is 0. The lowest BCUT2D eigenvalue weighted by Gasteiger charge is -2.06. The van der Waals surface area contributed by atoms with Gasteiger partial charge in [-0.25, -0.2) is 4.39 Å². The number of halogens is 1. The summed E-state index contributed by atoms with van der Waals surface area (Å²) in [6, 6.07) is 8.99. The predicted octanol–water partition coefficient (Wildman–Crippen LogP) is 2.19. The summed E-state index contributed by atoms with van der Waals surface area (Å²) in [4.78, 5) is 16.1. The number of anilines is 1. The highest BCUT2D eigenvalue weighted by Gasteiger charge is 2.07. The molecule has 0 saturated carbocycles. The number of nitrogens with one attached hydrogen (secondary N) is 2. The molecule has 0 atom stereocenters. The van der Waals surface area contributed by atoms with Crippen molar-refractivity contribution in [3.05, 3.63) is 59.7 Å². The summed E-state index contributed by atoms with van der Waals surface area (Å²) in [5, 5.41) is 5.67. The van der Waals surface area contributed by atoms with Crippen molar-refractivity contribution in [2.24, 2.45) is 0 Å². The maximum absolute atomic E-state index is 12.8. The molecule has 1 aromatic carbocycles. The normalized spacial score (nSPS) is 10.2. The third-order valence-corrected chi connectivity index (χ3v) is 2.54. The lowest BCUT2D eigenvalue weighted by atomic mass is 10.2. The molecule has 0 aliphatic rings. The number of rotatable bonds is 4. The van der Waals surface area contributed by atoms with Crippen LogP contribution < -0.4 is 10.6 Å². The van der Waals surface area contributed by atoms with Crippen LogP contribution in [-0.4, -0.2) is 17.9 Å². The minimum atomic E-state index is -0.335. The van der Waals surface area contributed by atoms with Gasteiger partial charge in [0.1, 0.15) is 5.82 Å². The van der Waals surface area contributed by atoms with Crippen LogP contribution in [0.15, 0.2) is 42.6 Å². The van der Waals surface area contributed by atoms with E-state index in [4.69, 9.17) is 0 Å². The van der Waals surface area contributed by atoms with Crippen molar-refractivity contribution in [1.82, 2.24) is 10.3 Å².